The topological polar surface area (TPSA) is 52.1 Å². The zero-order valence-corrected chi connectivity index (χ0v) is 14.9. The number of aromatic nitrogens is 2. The van der Waals surface area contributed by atoms with Gasteiger partial charge >= 0.3 is 0 Å². The molecule has 0 unspecified atom stereocenters. The molecule has 2 aromatic carbocycles. The number of benzene rings is 2. The molecular formula is C22H21N3O. The van der Waals surface area contributed by atoms with Crippen molar-refractivity contribution in [1.29, 1.82) is 0 Å². The predicted molar refractivity (Wildman–Crippen MR) is 108 cm³/mol. The number of para-hydroxylation sites is 1. The van der Waals surface area contributed by atoms with Crippen LogP contribution in [0.15, 0.2) is 60.7 Å². The van der Waals surface area contributed by atoms with Crippen molar-refractivity contribution in [3.05, 3.63) is 66.2 Å². The summed E-state index contributed by atoms with van der Waals surface area (Å²) in [5, 5.41) is 12.5. The van der Waals surface area contributed by atoms with E-state index in [0.717, 1.165) is 45.2 Å². The van der Waals surface area contributed by atoms with Gasteiger partial charge in [-0.3, -0.25) is 0 Å². The number of hydrogen-bond donors (Lipinski definition) is 2. The number of nitrogens with zero attached hydrogens (tertiary/aromatic N) is 2. The molecule has 2 heterocycles. The van der Waals surface area contributed by atoms with Crippen LogP contribution in [0.1, 0.15) is 5.56 Å². The van der Waals surface area contributed by atoms with Gasteiger partial charge in [0.25, 0.3) is 0 Å². The van der Waals surface area contributed by atoms with E-state index >= 15 is 0 Å². The van der Waals surface area contributed by atoms with E-state index in [1.54, 1.807) is 0 Å². The predicted octanol–water partition coefficient (Wildman–Crippen LogP) is 4.66. The summed E-state index contributed by atoms with van der Waals surface area (Å²) in [5.74, 6) is 0.150. The molecular weight excluding hydrogens is 322 g/mol. The van der Waals surface area contributed by atoms with Gasteiger partial charge < -0.3 is 15.0 Å². The standard InChI is InChI=1S/C22H21N3O/c1-25(2)13-5-6-15-9-11-17-20(14-15)24-22(26)21(17)19-12-10-16-7-3-4-8-18(16)23-19/h3-12,14,24,26H,13H2,1-2H3. The highest BCUT2D eigenvalue weighted by Crippen LogP contribution is 2.36. The van der Waals surface area contributed by atoms with E-state index in [4.69, 9.17) is 4.98 Å². The Balaban J connectivity index is 1.77. The lowest BCUT2D eigenvalue weighted by Gasteiger charge is -2.04. The van der Waals surface area contributed by atoms with E-state index in [1.807, 2.05) is 62.6 Å². The Bertz CT molecular complexity index is 1110. The van der Waals surface area contributed by atoms with Crippen LogP contribution in [0, 0.1) is 0 Å². The number of nitrogens with one attached hydrogen (secondary N) is 1. The first-order valence-corrected chi connectivity index (χ1v) is 8.64. The second-order valence-electron chi connectivity index (χ2n) is 6.71. The van der Waals surface area contributed by atoms with E-state index in [0.29, 0.717) is 0 Å². The molecule has 4 heteroatoms. The van der Waals surface area contributed by atoms with Crippen molar-refractivity contribution in [3.8, 4) is 17.1 Å². The van der Waals surface area contributed by atoms with Crippen LogP contribution in [0.25, 0.3) is 39.1 Å². The van der Waals surface area contributed by atoms with Crippen molar-refractivity contribution >= 4 is 27.9 Å². The minimum Gasteiger partial charge on any atom is -0.494 e. The molecule has 4 rings (SSSR count). The first-order chi connectivity index (χ1) is 12.6. The molecule has 4 aromatic rings. The molecule has 0 fully saturated rings. The summed E-state index contributed by atoms with van der Waals surface area (Å²) in [7, 11) is 4.08. The fraction of sp³-hybridized carbons (Fsp3) is 0.136. The molecule has 0 aliphatic carbocycles. The van der Waals surface area contributed by atoms with Crippen molar-refractivity contribution in [3.63, 3.8) is 0 Å². The molecule has 130 valence electrons. The third kappa shape index (κ3) is 3.07. The Kier molecular flexibility index (Phi) is 4.19. The molecule has 0 saturated heterocycles. The molecule has 0 radical (unpaired) electrons. The largest absolute Gasteiger partial charge is 0.494 e. The maximum absolute atomic E-state index is 10.5. The zero-order chi connectivity index (χ0) is 18.1. The Morgan fingerprint density at radius 1 is 1.08 bits per heavy atom. The quantitative estimate of drug-likeness (QED) is 0.566. The number of fused-ring (bicyclic) bond motifs is 2. The number of rotatable bonds is 4. The minimum absolute atomic E-state index is 0.150. The zero-order valence-electron chi connectivity index (χ0n) is 14.9. The molecule has 0 saturated carbocycles. The highest BCUT2D eigenvalue weighted by Gasteiger charge is 2.14. The maximum atomic E-state index is 10.5. The van der Waals surface area contributed by atoms with E-state index in [1.165, 1.54) is 0 Å². The van der Waals surface area contributed by atoms with Gasteiger partial charge in [-0.2, -0.15) is 0 Å². The van der Waals surface area contributed by atoms with Crippen molar-refractivity contribution in [2.45, 2.75) is 0 Å². The summed E-state index contributed by atoms with van der Waals surface area (Å²) in [6.45, 7) is 0.889. The number of aromatic hydroxyl groups is 1. The SMILES string of the molecule is CN(C)CC=Cc1ccc2c(-c3ccc4ccccc4n3)c(O)[nH]c2c1. The average Bonchev–Trinajstić information content (AvgIpc) is 2.96. The summed E-state index contributed by atoms with van der Waals surface area (Å²) in [6, 6.07) is 18.1. The third-order valence-corrected chi connectivity index (χ3v) is 4.44. The van der Waals surface area contributed by atoms with Crippen LogP contribution in [-0.4, -0.2) is 40.6 Å². The Hall–Kier alpha value is -3.11. The first-order valence-electron chi connectivity index (χ1n) is 8.64. The van der Waals surface area contributed by atoms with Crippen LogP contribution in [0.3, 0.4) is 0 Å². The molecule has 0 amide bonds. The molecule has 0 aliphatic heterocycles. The van der Waals surface area contributed by atoms with Crippen molar-refractivity contribution in [1.82, 2.24) is 14.9 Å². The van der Waals surface area contributed by atoms with E-state index in [9.17, 15) is 5.11 Å². The van der Waals surface area contributed by atoms with Gasteiger partial charge in [-0.1, -0.05) is 48.6 Å². The Morgan fingerprint density at radius 2 is 1.92 bits per heavy atom. The number of likely N-dealkylation sites (N-methyl/N-ethyl adjacent to an activating group) is 1. The highest BCUT2D eigenvalue weighted by atomic mass is 16.3. The second kappa shape index (κ2) is 6.65. The normalized spacial score (nSPS) is 12.0. The van der Waals surface area contributed by atoms with E-state index < -0.39 is 0 Å². The van der Waals surface area contributed by atoms with Gasteiger partial charge in [0.1, 0.15) is 0 Å². The van der Waals surface area contributed by atoms with Gasteiger partial charge in [0.05, 0.1) is 16.8 Å². The molecule has 2 aromatic heterocycles. The second-order valence-corrected chi connectivity index (χ2v) is 6.71. The fourth-order valence-electron chi connectivity index (χ4n) is 3.17. The summed E-state index contributed by atoms with van der Waals surface area (Å²) in [5.41, 5.74) is 4.43. The molecule has 0 spiro atoms. The molecule has 2 N–H and O–H groups in total. The summed E-state index contributed by atoms with van der Waals surface area (Å²) < 4.78 is 0. The van der Waals surface area contributed by atoms with Crippen molar-refractivity contribution < 1.29 is 5.11 Å². The van der Waals surface area contributed by atoms with Gasteiger partial charge in [0.2, 0.25) is 0 Å². The van der Waals surface area contributed by atoms with Crippen molar-refractivity contribution in [2.75, 3.05) is 20.6 Å². The van der Waals surface area contributed by atoms with Crippen molar-refractivity contribution in [2.24, 2.45) is 0 Å². The number of hydrogen-bond acceptors (Lipinski definition) is 3. The maximum Gasteiger partial charge on any atom is 0.199 e. The minimum atomic E-state index is 0.150. The van der Waals surface area contributed by atoms with Crippen LogP contribution in [0.4, 0.5) is 0 Å². The molecule has 0 bridgehead atoms. The summed E-state index contributed by atoms with van der Waals surface area (Å²) in [4.78, 5) is 9.92. The first kappa shape index (κ1) is 16.4. The van der Waals surface area contributed by atoms with Crippen LogP contribution >= 0.6 is 0 Å². The van der Waals surface area contributed by atoms with E-state index in [2.05, 4.69) is 28.1 Å². The van der Waals surface area contributed by atoms with Crippen LogP contribution in [0.2, 0.25) is 0 Å². The highest BCUT2D eigenvalue weighted by molar-refractivity contribution is 5.99. The third-order valence-electron chi connectivity index (χ3n) is 4.44. The van der Waals surface area contributed by atoms with Crippen LogP contribution < -0.4 is 0 Å². The summed E-state index contributed by atoms with van der Waals surface area (Å²) in [6.07, 6.45) is 4.21. The lowest BCUT2D eigenvalue weighted by molar-refractivity contribution is 0.457. The Morgan fingerprint density at radius 3 is 2.77 bits per heavy atom. The number of pyridine rings is 1. The molecule has 0 atom stereocenters. The fourth-order valence-corrected chi connectivity index (χ4v) is 3.17. The monoisotopic (exact) mass is 343 g/mol. The molecule has 4 nitrogen and oxygen atoms in total. The molecule has 26 heavy (non-hydrogen) atoms. The Labute approximate surface area is 152 Å². The lowest BCUT2D eigenvalue weighted by Crippen LogP contribution is -2.10. The number of H-pyrrole nitrogens is 1. The van der Waals surface area contributed by atoms with Gasteiger partial charge in [0, 0.05) is 22.8 Å². The van der Waals surface area contributed by atoms with Crippen LogP contribution in [-0.2, 0) is 0 Å². The van der Waals surface area contributed by atoms with Crippen LogP contribution in [0.5, 0.6) is 5.88 Å². The number of aromatic amines is 1. The lowest BCUT2D eigenvalue weighted by atomic mass is 10.1. The van der Waals surface area contributed by atoms with Gasteiger partial charge in [-0.15, -0.1) is 0 Å². The van der Waals surface area contributed by atoms with Gasteiger partial charge in [0.15, 0.2) is 5.88 Å². The smallest absolute Gasteiger partial charge is 0.199 e. The van der Waals surface area contributed by atoms with Gasteiger partial charge in [-0.05, 0) is 37.9 Å². The van der Waals surface area contributed by atoms with Gasteiger partial charge in [-0.25, -0.2) is 4.98 Å². The average molecular weight is 343 g/mol. The summed E-state index contributed by atoms with van der Waals surface area (Å²) >= 11 is 0. The van der Waals surface area contributed by atoms with E-state index in [-0.39, 0.29) is 5.88 Å². The molecule has 0 aliphatic rings.